The molecule has 1 saturated heterocycles. The number of sulfonamides is 1. The monoisotopic (exact) mass is 587 g/mol. The minimum absolute atomic E-state index is 0.0645. The van der Waals surface area contributed by atoms with Gasteiger partial charge in [-0.2, -0.15) is 4.98 Å². The first-order valence-corrected chi connectivity index (χ1v) is 14.6. The van der Waals surface area contributed by atoms with E-state index in [1.165, 1.54) is 26.4 Å². The van der Waals surface area contributed by atoms with E-state index in [9.17, 15) is 13.2 Å². The quantitative estimate of drug-likeness (QED) is 0.382. The first-order valence-electron chi connectivity index (χ1n) is 12.8. The number of benzene rings is 2. The molecule has 0 bridgehead atoms. The van der Waals surface area contributed by atoms with Crippen LogP contribution in [-0.2, 0) is 10.0 Å². The van der Waals surface area contributed by atoms with Crippen molar-refractivity contribution in [3.05, 3.63) is 59.2 Å². The number of hydrogen-bond donors (Lipinski definition) is 2. The maximum atomic E-state index is 13.2. The summed E-state index contributed by atoms with van der Waals surface area (Å²) in [5.41, 5.74) is 1.34. The van der Waals surface area contributed by atoms with Gasteiger partial charge < -0.3 is 25.2 Å². The van der Waals surface area contributed by atoms with Crippen LogP contribution in [0.15, 0.2) is 53.6 Å². The van der Waals surface area contributed by atoms with Gasteiger partial charge in [0, 0.05) is 45.8 Å². The van der Waals surface area contributed by atoms with E-state index in [-0.39, 0.29) is 33.7 Å². The molecule has 2 aromatic carbocycles. The van der Waals surface area contributed by atoms with Crippen LogP contribution in [0.25, 0.3) is 0 Å². The highest BCUT2D eigenvalue weighted by Gasteiger charge is 2.23. The Bertz CT molecular complexity index is 1480. The molecule has 214 valence electrons. The number of carbonyl (C=O) groups is 1. The van der Waals surface area contributed by atoms with Crippen molar-refractivity contribution in [1.82, 2.24) is 24.1 Å². The topological polar surface area (TPSA) is 120 Å². The predicted molar refractivity (Wildman–Crippen MR) is 157 cm³/mol. The van der Waals surface area contributed by atoms with Gasteiger partial charge in [0.1, 0.15) is 15.7 Å². The maximum absolute atomic E-state index is 13.2. The number of piperazine rings is 1. The number of ether oxygens (including phenoxy) is 1. The molecule has 0 spiro atoms. The van der Waals surface area contributed by atoms with Crippen LogP contribution in [0.3, 0.4) is 0 Å². The first kappa shape index (κ1) is 29.5. The third-order valence-electron chi connectivity index (χ3n) is 6.27. The summed E-state index contributed by atoms with van der Waals surface area (Å²) in [5, 5.41) is 6.37. The summed E-state index contributed by atoms with van der Waals surface area (Å²) < 4.78 is 32.8. The minimum atomic E-state index is -3.73. The number of anilines is 4. The second kappa shape index (κ2) is 12.4. The number of likely N-dealkylation sites (N-methyl/N-ethyl adjacent to an activating group) is 1. The van der Waals surface area contributed by atoms with E-state index in [0.29, 0.717) is 35.8 Å². The van der Waals surface area contributed by atoms with E-state index in [4.69, 9.17) is 16.3 Å². The van der Waals surface area contributed by atoms with Crippen LogP contribution in [0, 0.1) is 0 Å². The molecule has 4 rings (SSSR count). The summed E-state index contributed by atoms with van der Waals surface area (Å²) in [4.78, 5) is 26.1. The molecule has 1 aliphatic rings. The number of carbonyl (C=O) groups excluding carboxylic acids is 1. The first-order chi connectivity index (χ1) is 19.0. The van der Waals surface area contributed by atoms with E-state index in [1.807, 2.05) is 25.8 Å². The van der Waals surface area contributed by atoms with Gasteiger partial charge in [-0.05, 0) is 51.2 Å². The lowest BCUT2D eigenvalue weighted by Crippen LogP contribution is -2.47. The molecule has 1 aliphatic heterocycles. The van der Waals surface area contributed by atoms with Gasteiger partial charge in [-0.15, -0.1) is 0 Å². The normalized spacial score (nSPS) is 14.4. The van der Waals surface area contributed by atoms with Gasteiger partial charge in [-0.1, -0.05) is 23.7 Å². The van der Waals surface area contributed by atoms with E-state index < -0.39 is 10.0 Å². The molecule has 11 nitrogen and oxygen atoms in total. The predicted octanol–water partition coefficient (Wildman–Crippen LogP) is 4.04. The third-order valence-corrected chi connectivity index (χ3v) is 8.42. The van der Waals surface area contributed by atoms with E-state index in [0.717, 1.165) is 17.4 Å². The molecule has 0 radical (unpaired) electrons. The molecule has 2 N–H and O–H groups in total. The van der Waals surface area contributed by atoms with Crippen LogP contribution in [-0.4, -0.2) is 91.8 Å². The van der Waals surface area contributed by atoms with Gasteiger partial charge >= 0.3 is 0 Å². The molecule has 0 saturated carbocycles. The van der Waals surface area contributed by atoms with Crippen LogP contribution in [0.4, 0.5) is 23.1 Å². The molecule has 2 heterocycles. The number of rotatable bonds is 9. The van der Waals surface area contributed by atoms with E-state index >= 15 is 0 Å². The van der Waals surface area contributed by atoms with Crippen LogP contribution < -0.4 is 15.4 Å². The summed E-state index contributed by atoms with van der Waals surface area (Å²) in [5.74, 6) is 0.847. The SMILES string of the molecule is CC(C)Oc1ccc(C(=O)N2CCN(C)CC2)cc1Nc1ncc(Cl)c(Nc2ccccc2S(=O)(=O)N(C)C)n1. The number of nitrogens with one attached hydrogen (secondary N) is 2. The molecule has 0 unspecified atom stereocenters. The summed E-state index contributed by atoms with van der Waals surface area (Å²) in [6.45, 7) is 6.77. The van der Waals surface area contributed by atoms with Gasteiger partial charge in [0.05, 0.1) is 23.7 Å². The van der Waals surface area contributed by atoms with Crippen molar-refractivity contribution in [2.24, 2.45) is 0 Å². The lowest BCUT2D eigenvalue weighted by molar-refractivity contribution is 0.0664. The highest BCUT2D eigenvalue weighted by Crippen LogP contribution is 2.32. The number of nitrogens with zero attached hydrogens (tertiary/aromatic N) is 5. The maximum Gasteiger partial charge on any atom is 0.254 e. The van der Waals surface area contributed by atoms with Crippen LogP contribution in [0.1, 0.15) is 24.2 Å². The Balaban J connectivity index is 1.64. The van der Waals surface area contributed by atoms with Crippen LogP contribution >= 0.6 is 11.6 Å². The zero-order valence-electron chi connectivity index (χ0n) is 23.2. The van der Waals surface area contributed by atoms with E-state index in [2.05, 4.69) is 25.5 Å². The fraction of sp³-hybridized carbons (Fsp3) is 0.370. The Morgan fingerprint density at radius 1 is 1.05 bits per heavy atom. The average Bonchev–Trinajstić information content (AvgIpc) is 2.91. The number of hydrogen-bond acceptors (Lipinski definition) is 9. The minimum Gasteiger partial charge on any atom is -0.489 e. The van der Waals surface area contributed by atoms with Gasteiger partial charge in [-0.25, -0.2) is 17.7 Å². The van der Waals surface area contributed by atoms with Gasteiger partial charge in [0.2, 0.25) is 16.0 Å². The molecule has 0 aliphatic carbocycles. The molecule has 0 atom stereocenters. The fourth-order valence-corrected chi connectivity index (χ4v) is 5.24. The number of aromatic nitrogens is 2. The molecule has 40 heavy (non-hydrogen) atoms. The Morgan fingerprint density at radius 3 is 2.42 bits per heavy atom. The molecular formula is C27H34ClN7O4S. The summed E-state index contributed by atoms with van der Waals surface area (Å²) in [6, 6.07) is 11.7. The van der Waals surface area contributed by atoms with E-state index in [1.54, 1.807) is 36.4 Å². The van der Waals surface area contributed by atoms with Crippen LogP contribution in [0.2, 0.25) is 5.02 Å². The van der Waals surface area contributed by atoms with Crippen molar-refractivity contribution in [2.75, 3.05) is 58.0 Å². The van der Waals surface area contributed by atoms with Crippen molar-refractivity contribution in [2.45, 2.75) is 24.8 Å². The largest absolute Gasteiger partial charge is 0.489 e. The summed E-state index contributed by atoms with van der Waals surface area (Å²) >= 11 is 6.39. The Labute approximate surface area is 240 Å². The number of para-hydroxylation sites is 1. The lowest BCUT2D eigenvalue weighted by Gasteiger charge is -2.32. The Kier molecular flexibility index (Phi) is 9.14. The zero-order chi connectivity index (χ0) is 29.0. The summed E-state index contributed by atoms with van der Waals surface area (Å²) in [7, 11) is 1.24. The van der Waals surface area contributed by atoms with Crippen molar-refractivity contribution >= 4 is 50.7 Å². The van der Waals surface area contributed by atoms with Gasteiger partial charge in [0.25, 0.3) is 5.91 Å². The number of halogens is 1. The highest BCUT2D eigenvalue weighted by atomic mass is 35.5. The van der Waals surface area contributed by atoms with Crippen molar-refractivity contribution < 1.29 is 17.9 Å². The molecule has 1 fully saturated rings. The van der Waals surface area contributed by atoms with Gasteiger partial charge in [-0.3, -0.25) is 4.79 Å². The Morgan fingerprint density at radius 2 is 1.75 bits per heavy atom. The zero-order valence-corrected chi connectivity index (χ0v) is 24.8. The summed E-state index contributed by atoms with van der Waals surface area (Å²) in [6.07, 6.45) is 1.29. The van der Waals surface area contributed by atoms with Crippen molar-refractivity contribution in [1.29, 1.82) is 0 Å². The molecule has 1 aromatic heterocycles. The second-order valence-corrected chi connectivity index (χ2v) is 12.4. The van der Waals surface area contributed by atoms with Crippen LogP contribution in [0.5, 0.6) is 5.75 Å². The standard InChI is InChI=1S/C27H34ClN7O4S/c1-18(2)39-23-11-10-19(26(36)35-14-12-34(5)13-15-35)16-22(23)31-27-29-17-20(28)25(32-27)30-21-8-6-7-9-24(21)40(37,38)33(3)4/h6-11,16-18H,12-15H2,1-5H3,(H2,29,30,31,32). The van der Waals surface area contributed by atoms with Crippen molar-refractivity contribution in [3.63, 3.8) is 0 Å². The molecule has 13 heteroatoms. The number of amides is 1. The van der Waals surface area contributed by atoms with Gasteiger partial charge in [0.15, 0.2) is 5.82 Å². The fourth-order valence-electron chi connectivity index (χ4n) is 4.06. The lowest BCUT2D eigenvalue weighted by atomic mass is 10.1. The van der Waals surface area contributed by atoms with Crippen molar-refractivity contribution in [3.8, 4) is 5.75 Å². The highest BCUT2D eigenvalue weighted by molar-refractivity contribution is 7.89. The smallest absolute Gasteiger partial charge is 0.254 e. The Hall–Kier alpha value is -3.45. The second-order valence-electron chi connectivity index (χ2n) is 9.90. The molecular weight excluding hydrogens is 554 g/mol. The average molecular weight is 588 g/mol. The molecule has 1 amide bonds. The molecule has 3 aromatic rings. The third kappa shape index (κ3) is 6.81.